The van der Waals surface area contributed by atoms with E-state index in [4.69, 9.17) is 0 Å². The van der Waals surface area contributed by atoms with E-state index in [-0.39, 0.29) is 11.9 Å². The van der Waals surface area contributed by atoms with Crippen LogP contribution in [0.2, 0.25) is 0 Å². The van der Waals surface area contributed by atoms with E-state index in [1.165, 1.54) is 38.8 Å². The molecule has 4 rings (SSSR count). The van der Waals surface area contributed by atoms with Gasteiger partial charge < -0.3 is 14.8 Å². The number of piperidine rings is 1. The molecule has 2 aliphatic heterocycles. The smallest absolute Gasteiger partial charge is 0.147 e. The van der Waals surface area contributed by atoms with Gasteiger partial charge in [0.25, 0.3) is 0 Å². The van der Waals surface area contributed by atoms with Crippen LogP contribution in [0, 0.1) is 12.7 Å². The molecule has 3 heterocycles. The highest BCUT2D eigenvalue weighted by atomic mass is 19.1. The van der Waals surface area contributed by atoms with Crippen LogP contribution in [0.15, 0.2) is 30.6 Å². The quantitative estimate of drug-likeness (QED) is 0.922. The molecule has 1 N–H and O–H groups in total. The van der Waals surface area contributed by atoms with Gasteiger partial charge in [0.2, 0.25) is 0 Å². The summed E-state index contributed by atoms with van der Waals surface area (Å²) in [6.07, 6.45) is 8.58. The standard InChI is InChI=1S/C20H27FN4/c1-14(23-17-7-10-24-9-3-4-18(24)13-17)16-5-6-20(19(21)12-16)25-11-8-22-15(25)2/h5-6,8,11-12,14,17-18,23H,3-4,7,9-10,13H2,1-2H3/t14-,17-,18-/m0/s1. The molecule has 2 aliphatic rings. The second-order valence-electron chi connectivity index (χ2n) is 7.50. The molecule has 0 radical (unpaired) electrons. The number of nitrogens with zero attached hydrogens (tertiary/aromatic N) is 3. The maximum absolute atomic E-state index is 14.6. The van der Waals surface area contributed by atoms with Crippen LogP contribution in [-0.4, -0.2) is 39.6 Å². The van der Waals surface area contributed by atoms with Gasteiger partial charge in [-0.3, -0.25) is 0 Å². The van der Waals surface area contributed by atoms with Crippen molar-refractivity contribution in [2.75, 3.05) is 13.1 Å². The molecule has 0 aliphatic carbocycles. The fourth-order valence-electron chi connectivity index (χ4n) is 4.45. The highest BCUT2D eigenvalue weighted by molar-refractivity contribution is 5.38. The van der Waals surface area contributed by atoms with Gasteiger partial charge in [-0.1, -0.05) is 6.07 Å². The number of hydrogen-bond acceptors (Lipinski definition) is 3. The fourth-order valence-corrected chi connectivity index (χ4v) is 4.45. The average molecular weight is 342 g/mol. The van der Waals surface area contributed by atoms with Crippen molar-refractivity contribution in [1.29, 1.82) is 0 Å². The molecule has 0 saturated carbocycles. The van der Waals surface area contributed by atoms with E-state index in [9.17, 15) is 4.39 Å². The van der Waals surface area contributed by atoms with Crippen molar-refractivity contribution in [1.82, 2.24) is 19.8 Å². The topological polar surface area (TPSA) is 33.1 Å². The third kappa shape index (κ3) is 3.35. The number of halogens is 1. The molecule has 2 aromatic rings. The number of benzene rings is 1. The molecular weight excluding hydrogens is 315 g/mol. The number of aromatic nitrogens is 2. The fraction of sp³-hybridized carbons (Fsp3) is 0.550. The van der Waals surface area contributed by atoms with Gasteiger partial charge >= 0.3 is 0 Å². The van der Waals surface area contributed by atoms with Crippen LogP contribution in [-0.2, 0) is 0 Å². The zero-order valence-corrected chi connectivity index (χ0v) is 15.1. The number of fused-ring (bicyclic) bond motifs is 1. The van der Waals surface area contributed by atoms with Crippen LogP contribution in [0.1, 0.15) is 50.0 Å². The molecule has 3 atom stereocenters. The number of hydrogen-bond donors (Lipinski definition) is 1. The number of imidazole rings is 1. The third-order valence-electron chi connectivity index (χ3n) is 5.86. The van der Waals surface area contributed by atoms with E-state index in [0.717, 1.165) is 17.4 Å². The molecule has 134 valence electrons. The van der Waals surface area contributed by atoms with Gasteiger partial charge in [0, 0.05) is 30.5 Å². The predicted molar refractivity (Wildman–Crippen MR) is 97.4 cm³/mol. The summed E-state index contributed by atoms with van der Waals surface area (Å²) in [6, 6.07) is 6.99. The van der Waals surface area contributed by atoms with Crippen LogP contribution < -0.4 is 5.32 Å². The lowest BCUT2D eigenvalue weighted by molar-refractivity contribution is 0.162. The lowest BCUT2D eigenvalue weighted by Gasteiger charge is -2.36. The lowest BCUT2D eigenvalue weighted by Crippen LogP contribution is -2.46. The minimum atomic E-state index is -0.196. The van der Waals surface area contributed by atoms with Crippen LogP contribution in [0.5, 0.6) is 0 Å². The Labute approximate surface area is 149 Å². The predicted octanol–water partition coefficient (Wildman–Crippen LogP) is 3.60. The van der Waals surface area contributed by atoms with Crippen LogP contribution in [0.3, 0.4) is 0 Å². The van der Waals surface area contributed by atoms with Crippen LogP contribution in [0.25, 0.3) is 5.69 Å². The Hall–Kier alpha value is -1.72. The summed E-state index contributed by atoms with van der Waals surface area (Å²) in [5.41, 5.74) is 1.57. The average Bonchev–Trinajstić information content (AvgIpc) is 3.23. The summed E-state index contributed by atoms with van der Waals surface area (Å²) in [6.45, 7) is 6.49. The maximum Gasteiger partial charge on any atom is 0.147 e. The molecule has 4 nitrogen and oxygen atoms in total. The summed E-state index contributed by atoms with van der Waals surface area (Å²) in [5.74, 6) is 0.596. The highest BCUT2D eigenvalue weighted by Gasteiger charge is 2.32. The molecule has 1 aromatic heterocycles. The van der Waals surface area contributed by atoms with E-state index < -0.39 is 0 Å². The number of rotatable bonds is 4. The summed E-state index contributed by atoms with van der Waals surface area (Å²) in [7, 11) is 0. The summed E-state index contributed by atoms with van der Waals surface area (Å²) in [5, 5.41) is 3.73. The molecule has 2 saturated heterocycles. The Balaban J connectivity index is 1.44. The van der Waals surface area contributed by atoms with Gasteiger partial charge in [0.1, 0.15) is 11.6 Å². The van der Waals surface area contributed by atoms with Gasteiger partial charge in [-0.2, -0.15) is 0 Å². The normalized spacial score (nSPS) is 25.1. The highest BCUT2D eigenvalue weighted by Crippen LogP contribution is 2.28. The van der Waals surface area contributed by atoms with Crippen molar-refractivity contribution in [3.05, 3.63) is 47.8 Å². The Morgan fingerprint density at radius 1 is 1.28 bits per heavy atom. The number of nitrogens with one attached hydrogen (secondary N) is 1. The Kier molecular flexibility index (Phi) is 4.61. The van der Waals surface area contributed by atoms with E-state index >= 15 is 0 Å². The van der Waals surface area contributed by atoms with Crippen molar-refractivity contribution in [3.63, 3.8) is 0 Å². The minimum absolute atomic E-state index is 0.158. The van der Waals surface area contributed by atoms with Crippen LogP contribution in [0.4, 0.5) is 4.39 Å². The third-order valence-corrected chi connectivity index (χ3v) is 5.86. The van der Waals surface area contributed by atoms with Gasteiger partial charge in [-0.25, -0.2) is 9.37 Å². The van der Waals surface area contributed by atoms with Crippen LogP contribution >= 0.6 is 0 Å². The van der Waals surface area contributed by atoms with Gasteiger partial charge in [-0.15, -0.1) is 0 Å². The molecule has 0 unspecified atom stereocenters. The first-order valence-electron chi connectivity index (χ1n) is 9.41. The second kappa shape index (κ2) is 6.89. The van der Waals surface area contributed by atoms with Crippen molar-refractivity contribution in [2.45, 2.75) is 57.7 Å². The monoisotopic (exact) mass is 342 g/mol. The first-order chi connectivity index (χ1) is 12.1. The summed E-state index contributed by atoms with van der Waals surface area (Å²) < 4.78 is 16.4. The molecule has 0 amide bonds. The number of aryl methyl sites for hydroxylation is 1. The van der Waals surface area contributed by atoms with Gasteiger partial charge in [0.05, 0.1) is 5.69 Å². The lowest BCUT2D eigenvalue weighted by atomic mass is 9.96. The molecular formula is C20H27FN4. The van der Waals surface area contributed by atoms with Gasteiger partial charge in [-0.05, 0) is 70.3 Å². The van der Waals surface area contributed by atoms with Gasteiger partial charge in [0.15, 0.2) is 0 Å². The SMILES string of the molecule is Cc1nccn1-c1ccc([C@H](C)N[C@H]2CCN3CCC[C@H]3C2)cc1F. The van der Waals surface area contributed by atoms with Crippen molar-refractivity contribution >= 4 is 0 Å². The Bertz CT molecular complexity index is 741. The van der Waals surface area contributed by atoms with E-state index in [0.29, 0.717) is 11.7 Å². The second-order valence-corrected chi connectivity index (χ2v) is 7.50. The van der Waals surface area contributed by atoms with Crippen molar-refractivity contribution in [3.8, 4) is 5.69 Å². The maximum atomic E-state index is 14.6. The van der Waals surface area contributed by atoms with E-state index in [2.05, 4.69) is 22.1 Å². The van der Waals surface area contributed by atoms with E-state index in [1.807, 2.05) is 19.1 Å². The molecule has 5 heteroatoms. The first-order valence-corrected chi connectivity index (χ1v) is 9.41. The van der Waals surface area contributed by atoms with Crippen molar-refractivity contribution < 1.29 is 4.39 Å². The van der Waals surface area contributed by atoms with Crippen molar-refractivity contribution in [2.24, 2.45) is 0 Å². The summed E-state index contributed by atoms with van der Waals surface area (Å²) >= 11 is 0. The molecule has 0 spiro atoms. The minimum Gasteiger partial charge on any atom is -0.307 e. The zero-order chi connectivity index (χ0) is 17.4. The first kappa shape index (κ1) is 16.7. The molecule has 0 bridgehead atoms. The van der Waals surface area contributed by atoms with E-state index in [1.54, 1.807) is 23.0 Å². The molecule has 2 fully saturated rings. The largest absolute Gasteiger partial charge is 0.307 e. The summed E-state index contributed by atoms with van der Waals surface area (Å²) in [4.78, 5) is 6.81. The Morgan fingerprint density at radius 2 is 2.16 bits per heavy atom. The molecule has 1 aromatic carbocycles. The Morgan fingerprint density at radius 3 is 2.92 bits per heavy atom. The zero-order valence-electron chi connectivity index (χ0n) is 15.1. The molecule has 25 heavy (non-hydrogen) atoms.